The van der Waals surface area contributed by atoms with Crippen LogP contribution in [0.5, 0.6) is 0 Å². The summed E-state index contributed by atoms with van der Waals surface area (Å²) in [4.78, 5) is 44.5. The lowest BCUT2D eigenvalue weighted by atomic mass is 10.1. The van der Waals surface area contributed by atoms with Gasteiger partial charge in [0.1, 0.15) is 11.9 Å². The number of halogens is 1. The summed E-state index contributed by atoms with van der Waals surface area (Å²) in [7, 11) is 0. The number of nitrogens with one attached hydrogen (secondary N) is 3. The van der Waals surface area contributed by atoms with Gasteiger partial charge >= 0.3 is 0 Å². The highest BCUT2D eigenvalue weighted by Gasteiger charge is 2.31. The second-order valence-electron chi connectivity index (χ2n) is 7.89. The number of rotatable bonds is 4. The normalized spacial score (nSPS) is 18.3. The highest BCUT2D eigenvalue weighted by molar-refractivity contribution is 6.06. The van der Waals surface area contributed by atoms with Gasteiger partial charge in [-0.15, -0.1) is 0 Å². The van der Waals surface area contributed by atoms with Gasteiger partial charge in [-0.3, -0.25) is 19.7 Å². The lowest BCUT2D eigenvalue weighted by molar-refractivity contribution is -0.125. The Bertz CT molecular complexity index is 1080. The molecule has 3 amide bonds. The van der Waals surface area contributed by atoms with Gasteiger partial charge < -0.3 is 20.4 Å². The second-order valence-corrected chi connectivity index (χ2v) is 7.89. The Hall–Kier alpha value is -3.95. The molecule has 2 aliphatic heterocycles. The highest BCUT2D eigenvalue weighted by Crippen LogP contribution is 2.21. The molecular weight excluding hydrogens is 427 g/mol. The fourth-order valence-corrected chi connectivity index (χ4v) is 3.82. The number of guanidine groups is 1. The molecule has 2 heterocycles. The van der Waals surface area contributed by atoms with Gasteiger partial charge in [0.05, 0.1) is 12.1 Å². The van der Waals surface area contributed by atoms with E-state index in [4.69, 9.17) is 0 Å². The molecule has 0 aromatic heterocycles. The third-order valence-electron chi connectivity index (χ3n) is 5.46. The number of hydrogen-bond donors (Lipinski definition) is 3. The Labute approximate surface area is 190 Å². The zero-order valence-electron chi connectivity index (χ0n) is 18.2. The van der Waals surface area contributed by atoms with Crippen molar-refractivity contribution in [2.45, 2.75) is 19.4 Å². The molecule has 1 saturated heterocycles. The summed E-state index contributed by atoms with van der Waals surface area (Å²) in [5.74, 6) is -0.759. The number of aliphatic imine (C=N–C) groups is 1. The number of anilines is 3. The van der Waals surface area contributed by atoms with E-state index in [9.17, 15) is 18.8 Å². The number of carbonyl (C=O) groups excluding carboxylic acids is 3. The van der Waals surface area contributed by atoms with Crippen molar-refractivity contribution in [3.05, 3.63) is 54.3 Å². The molecule has 33 heavy (non-hydrogen) atoms. The monoisotopic (exact) mass is 452 g/mol. The van der Waals surface area contributed by atoms with Crippen LogP contribution in [0, 0.1) is 5.82 Å². The maximum absolute atomic E-state index is 14.1. The van der Waals surface area contributed by atoms with Crippen molar-refractivity contribution >= 4 is 40.7 Å². The quantitative estimate of drug-likeness (QED) is 0.656. The Morgan fingerprint density at radius 3 is 2.21 bits per heavy atom. The molecule has 3 N–H and O–H groups in total. The molecule has 1 atom stereocenters. The smallest absolute Gasteiger partial charge is 0.249 e. The maximum Gasteiger partial charge on any atom is 0.249 e. The zero-order valence-corrected chi connectivity index (χ0v) is 18.2. The molecule has 10 heteroatoms. The van der Waals surface area contributed by atoms with Gasteiger partial charge in [0.2, 0.25) is 23.7 Å². The van der Waals surface area contributed by atoms with Crippen LogP contribution in [-0.4, -0.2) is 60.8 Å². The molecule has 1 fully saturated rings. The fraction of sp³-hybridized carbons (Fsp3) is 0.304. The summed E-state index contributed by atoms with van der Waals surface area (Å²) in [6.07, 6.45) is -0.0471. The first-order valence-corrected chi connectivity index (χ1v) is 10.7. The third-order valence-corrected chi connectivity index (χ3v) is 5.46. The van der Waals surface area contributed by atoms with E-state index in [1.807, 2.05) is 9.80 Å². The molecule has 4 rings (SSSR count). The fourth-order valence-electron chi connectivity index (χ4n) is 3.82. The van der Waals surface area contributed by atoms with Crippen molar-refractivity contribution < 1.29 is 18.8 Å². The summed E-state index contributed by atoms with van der Waals surface area (Å²) < 4.78 is 14.1. The third kappa shape index (κ3) is 5.46. The summed E-state index contributed by atoms with van der Waals surface area (Å²) in [5.41, 5.74) is 1.70. The van der Waals surface area contributed by atoms with Crippen LogP contribution in [0.4, 0.5) is 21.5 Å². The summed E-state index contributed by atoms with van der Waals surface area (Å²) >= 11 is 0. The first-order chi connectivity index (χ1) is 15.9. The van der Waals surface area contributed by atoms with E-state index < -0.39 is 6.04 Å². The van der Waals surface area contributed by atoms with Crippen molar-refractivity contribution in [1.29, 1.82) is 0 Å². The average molecular weight is 452 g/mol. The van der Waals surface area contributed by atoms with Crippen LogP contribution in [0.2, 0.25) is 0 Å². The van der Waals surface area contributed by atoms with E-state index in [0.717, 1.165) is 0 Å². The van der Waals surface area contributed by atoms with E-state index >= 15 is 0 Å². The summed E-state index contributed by atoms with van der Waals surface area (Å²) in [6.45, 7) is 3.61. The molecule has 2 aliphatic rings. The number of benzene rings is 2. The van der Waals surface area contributed by atoms with Gasteiger partial charge in [-0.1, -0.05) is 12.1 Å². The molecule has 0 saturated carbocycles. The molecule has 0 spiro atoms. The minimum atomic E-state index is -0.853. The molecule has 0 unspecified atom stereocenters. The highest BCUT2D eigenvalue weighted by atomic mass is 19.1. The van der Waals surface area contributed by atoms with Crippen molar-refractivity contribution in [2.24, 2.45) is 4.99 Å². The van der Waals surface area contributed by atoms with E-state index in [-0.39, 0.29) is 30.0 Å². The standard InChI is InChI=1S/C23H25FN6O3/c1-15(31)25-16-6-8-17(9-7-16)26-22(33)19-14-21(32)28-23(27-19)30-12-10-29(11-13-30)20-5-3-2-4-18(20)24/h2-9,19H,10-14H2,1H3,(H,25,31)(H,26,33)(H,27,28,32)/t19-/m1/s1. The first-order valence-electron chi connectivity index (χ1n) is 10.7. The topological polar surface area (TPSA) is 106 Å². The van der Waals surface area contributed by atoms with Crippen molar-refractivity contribution in [3.63, 3.8) is 0 Å². The molecule has 9 nitrogen and oxygen atoms in total. The molecule has 2 aromatic rings. The van der Waals surface area contributed by atoms with E-state index in [1.54, 1.807) is 42.5 Å². The lowest BCUT2D eigenvalue weighted by Crippen LogP contribution is -2.56. The SMILES string of the molecule is CC(=O)Nc1ccc(NC(=O)[C@H]2CC(=O)NC(N3CCN(c4ccccc4F)CC3)=N2)cc1. The van der Waals surface area contributed by atoms with E-state index in [0.29, 0.717) is 49.2 Å². The van der Waals surface area contributed by atoms with Crippen LogP contribution in [0.25, 0.3) is 0 Å². The van der Waals surface area contributed by atoms with Gasteiger partial charge in [-0.2, -0.15) is 0 Å². The van der Waals surface area contributed by atoms with Gasteiger partial charge in [0.25, 0.3) is 0 Å². The van der Waals surface area contributed by atoms with Crippen LogP contribution in [-0.2, 0) is 14.4 Å². The molecule has 172 valence electrons. The molecular formula is C23H25FN6O3. The minimum absolute atomic E-state index is 0.0471. The maximum atomic E-state index is 14.1. The number of nitrogens with zero attached hydrogens (tertiary/aromatic N) is 3. The molecule has 0 radical (unpaired) electrons. The van der Waals surface area contributed by atoms with Crippen LogP contribution in [0.1, 0.15) is 13.3 Å². The number of para-hydroxylation sites is 1. The van der Waals surface area contributed by atoms with Gasteiger partial charge in [0, 0.05) is 44.5 Å². The van der Waals surface area contributed by atoms with Crippen molar-refractivity contribution in [2.75, 3.05) is 41.7 Å². The average Bonchev–Trinajstić information content (AvgIpc) is 2.80. The van der Waals surface area contributed by atoms with Gasteiger partial charge in [-0.25, -0.2) is 9.38 Å². The Kier molecular flexibility index (Phi) is 6.53. The zero-order chi connectivity index (χ0) is 23.4. The lowest BCUT2D eigenvalue weighted by Gasteiger charge is -2.38. The number of hydrogen-bond acceptors (Lipinski definition) is 6. The Morgan fingerprint density at radius 2 is 1.58 bits per heavy atom. The van der Waals surface area contributed by atoms with Crippen LogP contribution < -0.4 is 20.9 Å². The van der Waals surface area contributed by atoms with Crippen molar-refractivity contribution in [1.82, 2.24) is 10.2 Å². The first kappa shape index (κ1) is 22.3. The van der Waals surface area contributed by atoms with E-state index in [1.165, 1.54) is 13.0 Å². The molecule has 0 bridgehead atoms. The summed E-state index contributed by atoms with van der Waals surface area (Å²) in [5, 5.41) is 8.17. The predicted octanol–water partition coefficient (Wildman–Crippen LogP) is 1.79. The van der Waals surface area contributed by atoms with Gasteiger partial charge in [-0.05, 0) is 36.4 Å². The number of carbonyl (C=O) groups is 3. The number of piperazine rings is 1. The molecule has 2 aromatic carbocycles. The molecule has 0 aliphatic carbocycles. The minimum Gasteiger partial charge on any atom is -0.366 e. The largest absolute Gasteiger partial charge is 0.366 e. The number of amides is 3. The second kappa shape index (κ2) is 9.68. The van der Waals surface area contributed by atoms with Crippen LogP contribution in [0.15, 0.2) is 53.5 Å². The Balaban J connectivity index is 1.38. The summed E-state index contributed by atoms with van der Waals surface area (Å²) in [6, 6.07) is 12.5. The Morgan fingerprint density at radius 1 is 0.970 bits per heavy atom. The van der Waals surface area contributed by atoms with E-state index in [2.05, 4.69) is 20.9 Å². The van der Waals surface area contributed by atoms with Crippen molar-refractivity contribution in [3.8, 4) is 0 Å². The van der Waals surface area contributed by atoms with Gasteiger partial charge in [0.15, 0.2) is 0 Å². The van der Waals surface area contributed by atoms with Crippen LogP contribution >= 0.6 is 0 Å². The predicted molar refractivity (Wildman–Crippen MR) is 124 cm³/mol. The van der Waals surface area contributed by atoms with Crippen LogP contribution in [0.3, 0.4) is 0 Å².